The van der Waals surface area contributed by atoms with E-state index in [1.165, 1.54) is 25.7 Å². The molecule has 7 nitrogen and oxygen atoms in total. The normalized spacial score (nSPS) is 22.0. The van der Waals surface area contributed by atoms with Gasteiger partial charge in [0.15, 0.2) is 0 Å². The van der Waals surface area contributed by atoms with Gasteiger partial charge in [0.2, 0.25) is 11.8 Å². The topological polar surface area (TPSA) is 99.1 Å². The second-order valence-corrected chi connectivity index (χ2v) is 11.8. The number of benzene rings is 1. The number of nitrogens with one attached hydrogen (secondary N) is 1. The van der Waals surface area contributed by atoms with Crippen molar-refractivity contribution in [1.29, 1.82) is 0 Å². The van der Waals surface area contributed by atoms with Crippen LogP contribution in [0.2, 0.25) is 0 Å². The highest BCUT2D eigenvalue weighted by molar-refractivity contribution is 14.1. The van der Waals surface area contributed by atoms with Gasteiger partial charge in [0, 0.05) is 31.5 Å². The van der Waals surface area contributed by atoms with Crippen LogP contribution in [0.5, 0.6) is 5.75 Å². The van der Waals surface area contributed by atoms with Gasteiger partial charge in [-0.1, -0.05) is 64.0 Å². The SMILES string of the molecule is CCCCCCCC(=O)N(CC1CCCCC1)C1CC(C(=O)NCCO)=CC(Oc2ccccc2I)C1O. The summed E-state index contributed by atoms with van der Waals surface area (Å²) in [5, 5.41) is 23.6. The van der Waals surface area contributed by atoms with E-state index in [1.807, 2.05) is 29.2 Å². The summed E-state index contributed by atoms with van der Waals surface area (Å²) in [7, 11) is 0. The van der Waals surface area contributed by atoms with E-state index >= 15 is 0 Å². The summed E-state index contributed by atoms with van der Waals surface area (Å²) in [5.74, 6) is 0.801. The van der Waals surface area contributed by atoms with Gasteiger partial charge in [-0.05, 0) is 66.0 Å². The molecule has 1 saturated carbocycles. The Balaban J connectivity index is 1.85. The Hall–Kier alpha value is -1.65. The lowest BCUT2D eigenvalue weighted by atomic mass is 9.85. The molecule has 3 rings (SSSR count). The third-order valence-corrected chi connectivity index (χ3v) is 8.60. The van der Waals surface area contributed by atoms with Crippen LogP contribution in [0.3, 0.4) is 0 Å². The number of nitrogens with zero attached hydrogens (tertiary/aromatic N) is 1. The van der Waals surface area contributed by atoms with Crippen LogP contribution in [0.4, 0.5) is 0 Å². The maximum atomic E-state index is 13.7. The summed E-state index contributed by atoms with van der Waals surface area (Å²) in [6, 6.07) is 7.02. The van der Waals surface area contributed by atoms with Crippen LogP contribution in [0.15, 0.2) is 35.9 Å². The van der Waals surface area contributed by atoms with Gasteiger partial charge in [-0.15, -0.1) is 0 Å². The molecular formula is C30H45IN2O5. The Labute approximate surface area is 241 Å². The van der Waals surface area contributed by atoms with E-state index < -0.39 is 18.2 Å². The highest BCUT2D eigenvalue weighted by atomic mass is 127. The first-order valence-electron chi connectivity index (χ1n) is 14.4. The minimum Gasteiger partial charge on any atom is -0.482 e. The molecule has 212 valence electrons. The lowest BCUT2D eigenvalue weighted by Crippen LogP contribution is -2.56. The predicted molar refractivity (Wildman–Crippen MR) is 158 cm³/mol. The summed E-state index contributed by atoms with van der Waals surface area (Å²) in [5.41, 5.74) is 0.481. The maximum Gasteiger partial charge on any atom is 0.247 e. The number of halogens is 1. The molecule has 2 aliphatic rings. The molecule has 3 atom stereocenters. The zero-order valence-electron chi connectivity index (χ0n) is 22.7. The number of aliphatic hydroxyl groups is 2. The Kier molecular flexibility index (Phi) is 13.4. The van der Waals surface area contributed by atoms with Crippen molar-refractivity contribution >= 4 is 34.4 Å². The molecule has 0 spiro atoms. The zero-order chi connectivity index (χ0) is 27.3. The molecule has 38 heavy (non-hydrogen) atoms. The standard InChI is InChI=1S/C30H45IN2O5/c1-2-3-4-5-9-16-28(35)33(21-22-12-7-6-8-13-22)25-19-23(30(37)32-17-18-34)20-27(29(25)36)38-26-15-11-10-14-24(26)31/h10-11,14-15,20,22,25,27,29,34,36H,2-9,12-13,16-19,21H2,1H3,(H,32,37). The van der Waals surface area contributed by atoms with Crippen LogP contribution < -0.4 is 10.1 Å². The predicted octanol–water partition coefficient (Wildman–Crippen LogP) is 4.98. The number of para-hydroxylation sites is 1. The molecule has 2 aliphatic carbocycles. The summed E-state index contributed by atoms with van der Waals surface area (Å²) in [6.07, 6.45) is 11.7. The van der Waals surface area contributed by atoms with Gasteiger partial charge in [-0.3, -0.25) is 9.59 Å². The Morgan fingerprint density at radius 1 is 1.11 bits per heavy atom. The van der Waals surface area contributed by atoms with Crippen LogP contribution >= 0.6 is 22.6 Å². The van der Waals surface area contributed by atoms with E-state index in [-0.39, 0.29) is 31.4 Å². The van der Waals surface area contributed by atoms with Gasteiger partial charge in [-0.25, -0.2) is 0 Å². The van der Waals surface area contributed by atoms with Crippen molar-refractivity contribution in [2.45, 2.75) is 102 Å². The molecule has 1 aromatic rings. The van der Waals surface area contributed by atoms with E-state index in [2.05, 4.69) is 34.8 Å². The lowest BCUT2D eigenvalue weighted by molar-refractivity contribution is -0.140. The summed E-state index contributed by atoms with van der Waals surface area (Å²) >= 11 is 2.19. The molecule has 3 unspecified atom stereocenters. The molecule has 8 heteroatoms. The second kappa shape index (κ2) is 16.5. The first kappa shape index (κ1) is 30.9. The van der Waals surface area contributed by atoms with Crippen LogP contribution in [0.25, 0.3) is 0 Å². The number of hydrogen-bond acceptors (Lipinski definition) is 5. The van der Waals surface area contributed by atoms with Crippen molar-refractivity contribution in [2.75, 3.05) is 19.7 Å². The number of unbranched alkanes of at least 4 members (excludes halogenated alkanes) is 4. The van der Waals surface area contributed by atoms with Gasteiger partial charge in [0.05, 0.1) is 16.2 Å². The number of rotatable bonds is 14. The van der Waals surface area contributed by atoms with Crippen LogP contribution in [0.1, 0.15) is 84.0 Å². The van der Waals surface area contributed by atoms with Crippen LogP contribution in [-0.4, -0.2) is 64.9 Å². The van der Waals surface area contributed by atoms with E-state index in [0.29, 0.717) is 30.2 Å². The monoisotopic (exact) mass is 640 g/mol. The molecule has 2 amide bonds. The van der Waals surface area contributed by atoms with Crippen molar-refractivity contribution in [1.82, 2.24) is 10.2 Å². The molecular weight excluding hydrogens is 595 g/mol. The second-order valence-electron chi connectivity index (χ2n) is 10.7. The molecule has 3 N–H and O–H groups in total. The van der Waals surface area contributed by atoms with Crippen molar-refractivity contribution in [2.24, 2.45) is 5.92 Å². The summed E-state index contributed by atoms with van der Waals surface area (Å²) in [6.45, 7) is 2.78. The minimum absolute atomic E-state index is 0.0566. The molecule has 1 aromatic carbocycles. The zero-order valence-corrected chi connectivity index (χ0v) is 24.9. The number of carbonyl (C=O) groups excluding carboxylic acids is 2. The van der Waals surface area contributed by atoms with Crippen molar-refractivity contribution in [3.05, 3.63) is 39.5 Å². The quantitative estimate of drug-likeness (QED) is 0.197. The van der Waals surface area contributed by atoms with Crippen LogP contribution in [0, 0.1) is 9.49 Å². The number of aliphatic hydroxyl groups excluding tert-OH is 2. The summed E-state index contributed by atoms with van der Waals surface area (Å²) < 4.78 is 7.16. The largest absolute Gasteiger partial charge is 0.482 e. The molecule has 0 saturated heterocycles. The average Bonchev–Trinajstić information content (AvgIpc) is 2.93. The van der Waals surface area contributed by atoms with Crippen molar-refractivity contribution in [3.63, 3.8) is 0 Å². The smallest absolute Gasteiger partial charge is 0.247 e. The van der Waals surface area contributed by atoms with Crippen LogP contribution in [-0.2, 0) is 9.59 Å². The van der Waals surface area contributed by atoms with E-state index in [0.717, 1.165) is 42.1 Å². The molecule has 0 heterocycles. The number of carbonyl (C=O) groups is 2. The molecule has 0 aromatic heterocycles. The number of amides is 2. The molecule has 0 bridgehead atoms. The molecule has 1 fully saturated rings. The first-order chi connectivity index (χ1) is 18.4. The van der Waals surface area contributed by atoms with Gasteiger partial charge in [0.1, 0.15) is 18.0 Å². The van der Waals surface area contributed by atoms with E-state index in [1.54, 1.807) is 6.08 Å². The Morgan fingerprint density at radius 2 is 1.84 bits per heavy atom. The van der Waals surface area contributed by atoms with Gasteiger partial charge in [0.25, 0.3) is 0 Å². The Morgan fingerprint density at radius 3 is 2.55 bits per heavy atom. The minimum atomic E-state index is -0.965. The number of ether oxygens (including phenoxy) is 1. The molecule has 0 radical (unpaired) electrons. The van der Waals surface area contributed by atoms with Gasteiger partial charge >= 0.3 is 0 Å². The van der Waals surface area contributed by atoms with E-state index in [4.69, 9.17) is 4.74 Å². The third kappa shape index (κ3) is 9.23. The maximum absolute atomic E-state index is 13.7. The Bertz CT molecular complexity index is 918. The highest BCUT2D eigenvalue weighted by Crippen LogP contribution is 2.32. The fourth-order valence-corrected chi connectivity index (χ4v) is 6.07. The first-order valence-corrected chi connectivity index (χ1v) is 15.5. The number of hydrogen-bond donors (Lipinski definition) is 3. The summed E-state index contributed by atoms with van der Waals surface area (Å²) in [4.78, 5) is 28.6. The highest BCUT2D eigenvalue weighted by Gasteiger charge is 2.41. The average molecular weight is 641 g/mol. The van der Waals surface area contributed by atoms with Crippen molar-refractivity contribution in [3.8, 4) is 5.75 Å². The fraction of sp³-hybridized carbons (Fsp3) is 0.667. The lowest BCUT2D eigenvalue weighted by Gasteiger charge is -2.42. The van der Waals surface area contributed by atoms with Crippen molar-refractivity contribution < 1.29 is 24.5 Å². The van der Waals surface area contributed by atoms with E-state index in [9.17, 15) is 19.8 Å². The van der Waals surface area contributed by atoms with Gasteiger partial charge in [-0.2, -0.15) is 0 Å². The third-order valence-electron chi connectivity index (χ3n) is 7.71. The van der Waals surface area contributed by atoms with Gasteiger partial charge < -0.3 is 25.2 Å². The fourth-order valence-electron chi connectivity index (χ4n) is 5.56. The molecule has 0 aliphatic heterocycles.